The van der Waals surface area contributed by atoms with Crippen LogP contribution in [-0.2, 0) is 0 Å². The molecule has 2 aromatic carbocycles. The first kappa shape index (κ1) is 17.9. The Labute approximate surface area is 162 Å². The smallest absolute Gasteiger partial charge is 0.321 e. The average Bonchev–Trinajstić information content (AvgIpc) is 3.02. The highest BCUT2D eigenvalue weighted by Crippen LogP contribution is 2.40. The Bertz CT molecular complexity index is 829. The summed E-state index contributed by atoms with van der Waals surface area (Å²) < 4.78 is 16.1. The first-order valence-corrected chi connectivity index (χ1v) is 9.99. The van der Waals surface area contributed by atoms with Gasteiger partial charge in [0, 0.05) is 35.8 Å². The van der Waals surface area contributed by atoms with Gasteiger partial charge < -0.3 is 24.4 Å². The van der Waals surface area contributed by atoms with Gasteiger partial charge in [-0.15, -0.1) is 0 Å². The van der Waals surface area contributed by atoms with Crippen LogP contribution in [0.15, 0.2) is 42.5 Å². The van der Waals surface area contributed by atoms with Gasteiger partial charge in [-0.1, -0.05) is 12.1 Å². The van der Waals surface area contributed by atoms with Crippen LogP contribution in [0.3, 0.4) is 0 Å². The topological polar surface area (TPSA) is 60.0 Å². The highest BCUT2D eigenvalue weighted by molar-refractivity contribution is 7.99. The fourth-order valence-electron chi connectivity index (χ4n) is 3.26. The Hall–Kier alpha value is -2.54. The average molecular weight is 386 g/mol. The molecule has 0 bridgehead atoms. The second kappa shape index (κ2) is 8.00. The van der Waals surface area contributed by atoms with Gasteiger partial charge in [0.1, 0.15) is 5.75 Å². The zero-order valence-corrected chi connectivity index (χ0v) is 16.0. The number of carbonyl (C=O) groups excluding carboxylic acids is 1. The molecule has 1 atom stereocenters. The van der Waals surface area contributed by atoms with Crippen LogP contribution in [0.2, 0.25) is 0 Å². The number of thioether (sulfide) groups is 1. The van der Waals surface area contributed by atoms with E-state index >= 15 is 0 Å². The predicted octanol–water partition coefficient (Wildman–Crippen LogP) is 4.14. The third kappa shape index (κ3) is 4.08. The molecule has 0 aliphatic carbocycles. The molecule has 0 radical (unpaired) electrons. The first-order valence-electron chi connectivity index (χ1n) is 8.94. The molecular formula is C20H22N2O4S. The maximum absolute atomic E-state index is 12.6. The number of methoxy groups -OCH3 is 1. The lowest BCUT2D eigenvalue weighted by atomic mass is 10.1. The number of benzene rings is 2. The Morgan fingerprint density at radius 1 is 1.19 bits per heavy atom. The lowest BCUT2D eigenvalue weighted by Gasteiger charge is -2.21. The number of hydrogen-bond donors (Lipinski definition) is 1. The minimum Gasteiger partial charge on any atom is -0.497 e. The van der Waals surface area contributed by atoms with Crippen molar-refractivity contribution < 1.29 is 19.0 Å². The molecule has 27 heavy (non-hydrogen) atoms. The van der Waals surface area contributed by atoms with Crippen LogP contribution in [0.4, 0.5) is 10.5 Å². The minimum atomic E-state index is -0.0739. The van der Waals surface area contributed by atoms with Crippen molar-refractivity contribution in [3.63, 3.8) is 0 Å². The molecule has 7 heteroatoms. The van der Waals surface area contributed by atoms with E-state index in [0.717, 1.165) is 41.7 Å². The lowest BCUT2D eigenvalue weighted by Crippen LogP contribution is -2.36. The van der Waals surface area contributed by atoms with Crippen molar-refractivity contribution in [1.82, 2.24) is 4.90 Å². The molecule has 0 saturated carbocycles. The van der Waals surface area contributed by atoms with E-state index in [9.17, 15) is 4.79 Å². The Balaban J connectivity index is 1.38. The zero-order chi connectivity index (χ0) is 18.6. The maximum atomic E-state index is 12.6. The molecule has 2 aliphatic rings. The molecule has 142 valence electrons. The fourth-order valence-corrected chi connectivity index (χ4v) is 4.48. The predicted molar refractivity (Wildman–Crippen MR) is 106 cm³/mol. The summed E-state index contributed by atoms with van der Waals surface area (Å²) in [6.07, 6.45) is 0.899. The fraction of sp³-hybridized carbons (Fsp3) is 0.350. The van der Waals surface area contributed by atoms with E-state index < -0.39 is 0 Å². The highest BCUT2D eigenvalue weighted by atomic mass is 32.2. The first-order chi connectivity index (χ1) is 13.2. The van der Waals surface area contributed by atoms with Crippen molar-refractivity contribution in [2.24, 2.45) is 0 Å². The monoisotopic (exact) mass is 386 g/mol. The van der Waals surface area contributed by atoms with Gasteiger partial charge in [-0.25, -0.2) is 4.79 Å². The van der Waals surface area contributed by atoms with E-state index in [2.05, 4.69) is 17.4 Å². The van der Waals surface area contributed by atoms with E-state index in [-0.39, 0.29) is 12.8 Å². The molecule has 2 amide bonds. The maximum Gasteiger partial charge on any atom is 0.321 e. The van der Waals surface area contributed by atoms with E-state index in [4.69, 9.17) is 14.2 Å². The number of amides is 2. The van der Waals surface area contributed by atoms with E-state index in [1.54, 1.807) is 7.11 Å². The van der Waals surface area contributed by atoms with Gasteiger partial charge in [0.25, 0.3) is 0 Å². The third-order valence-corrected chi connectivity index (χ3v) is 6.05. The summed E-state index contributed by atoms with van der Waals surface area (Å²) in [5.41, 5.74) is 1.96. The molecule has 2 aliphatic heterocycles. The summed E-state index contributed by atoms with van der Waals surface area (Å²) >= 11 is 1.88. The summed E-state index contributed by atoms with van der Waals surface area (Å²) in [5.74, 6) is 3.23. The Morgan fingerprint density at radius 2 is 2.07 bits per heavy atom. The molecular weight excluding hydrogens is 364 g/mol. The number of ether oxygens (including phenoxy) is 3. The van der Waals surface area contributed by atoms with Gasteiger partial charge >= 0.3 is 6.03 Å². The summed E-state index contributed by atoms with van der Waals surface area (Å²) in [6.45, 7) is 1.72. The number of anilines is 1. The second-order valence-corrected chi connectivity index (χ2v) is 7.72. The molecule has 1 saturated heterocycles. The van der Waals surface area contributed by atoms with Crippen molar-refractivity contribution >= 4 is 23.5 Å². The molecule has 0 spiro atoms. The Kier molecular flexibility index (Phi) is 5.29. The van der Waals surface area contributed by atoms with E-state index in [1.807, 2.05) is 47.0 Å². The largest absolute Gasteiger partial charge is 0.497 e. The van der Waals surface area contributed by atoms with Crippen LogP contribution >= 0.6 is 11.8 Å². The van der Waals surface area contributed by atoms with Crippen LogP contribution in [-0.4, -0.2) is 43.7 Å². The van der Waals surface area contributed by atoms with Gasteiger partial charge in [0.05, 0.1) is 7.11 Å². The van der Waals surface area contributed by atoms with Gasteiger partial charge in [0.15, 0.2) is 11.5 Å². The lowest BCUT2D eigenvalue weighted by molar-refractivity contribution is 0.174. The number of carbonyl (C=O) groups is 1. The van der Waals surface area contributed by atoms with Crippen LogP contribution in [0.5, 0.6) is 17.2 Å². The zero-order valence-electron chi connectivity index (χ0n) is 15.1. The van der Waals surface area contributed by atoms with Gasteiger partial charge in [-0.2, -0.15) is 11.8 Å². The van der Waals surface area contributed by atoms with Crippen LogP contribution in [0, 0.1) is 0 Å². The number of hydrogen-bond acceptors (Lipinski definition) is 5. The summed E-state index contributed by atoms with van der Waals surface area (Å²) in [4.78, 5) is 14.5. The molecule has 1 fully saturated rings. The molecule has 4 rings (SSSR count). The SMILES string of the molecule is COc1cccc(NC(=O)N2CCSC(c3ccc4c(c3)OCO4)CC2)c1. The summed E-state index contributed by atoms with van der Waals surface area (Å²) in [7, 11) is 1.61. The summed E-state index contributed by atoms with van der Waals surface area (Å²) in [6, 6.07) is 13.5. The normalized spacial score (nSPS) is 18.7. The van der Waals surface area contributed by atoms with Crippen LogP contribution < -0.4 is 19.5 Å². The van der Waals surface area contributed by atoms with Crippen molar-refractivity contribution in [3.05, 3.63) is 48.0 Å². The van der Waals surface area contributed by atoms with Crippen molar-refractivity contribution in [1.29, 1.82) is 0 Å². The minimum absolute atomic E-state index is 0.0739. The molecule has 2 aromatic rings. The molecule has 0 aromatic heterocycles. The van der Waals surface area contributed by atoms with Crippen LogP contribution in [0.25, 0.3) is 0 Å². The molecule has 1 unspecified atom stereocenters. The number of urea groups is 1. The number of fused-ring (bicyclic) bond motifs is 1. The highest BCUT2D eigenvalue weighted by Gasteiger charge is 2.24. The molecule has 1 N–H and O–H groups in total. The van der Waals surface area contributed by atoms with Gasteiger partial charge in [-0.3, -0.25) is 0 Å². The van der Waals surface area contributed by atoms with Crippen molar-refractivity contribution in [2.45, 2.75) is 11.7 Å². The number of rotatable bonds is 3. The van der Waals surface area contributed by atoms with Gasteiger partial charge in [0.2, 0.25) is 6.79 Å². The summed E-state index contributed by atoms with van der Waals surface area (Å²) in [5, 5.41) is 3.31. The number of nitrogens with zero attached hydrogens (tertiary/aromatic N) is 1. The van der Waals surface area contributed by atoms with E-state index in [1.165, 1.54) is 5.56 Å². The van der Waals surface area contributed by atoms with Gasteiger partial charge in [-0.05, 0) is 36.2 Å². The third-order valence-electron chi connectivity index (χ3n) is 4.72. The quantitative estimate of drug-likeness (QED) is 0.859. The van der Waals surface area contributed by atoms with Crippen molar-refractivity contribution in [3.8, 4) is 17.2 Å². The van der Waals surface area contributed by atoms with Crippen molar-refractivity contribution in [2.75, 3.05) is 38.1 Å². The molecule has 6 nitrogen and oxygen atoms in total. The second-order valence-electron chi connectivity index (χ2n) is 6.41. The standard InChI is InChI=1S/C20H22N2O4S/c1-24-16-4-2-3-15(12-16)21-20(23)22-8-7-19(27-10-9-22)14-5-6-17-18(11-14)26-13-25-17/h2-6,11-12,19H,7-10,13H2,1H3,(H,21,23). The van der Waals surface area contributed by atoms with E-state index in [0.29, 0.717) is 11.8 Å². The van der Waals surface area contributed by atoms with Crippen LogP contribution in [0.1, 0.15) is 17.2 Å². The Morgan fingerprint density at radius 3 is 2.96 bits per heavy atom. The number of nitrogens with one attached hydrogen (secondary N) is 1. The molecule has 2 heterocycles.